The third kappa shape index (κ3) is 6.36. The molecule has 0 bridgehead atoms. The van der Waals surface area contributed by atoms with Gasteiger partial charge in [0.15, 0.2) is 0 Å². The predicted octanol–water partition coefficient (Wildman–Crippen LogP) is 5.25. The normalized spacial score (nSPS) is 15.0. The molecule has 0 amide bonds. The summed E-state index contributed by atoms with van der Waals surface area (Å²) in [6, 6.07) is 2.07. The van der Waals surface area contributed by atoms with E-state index in [0.29, 0.717) is 0 Å². The third-order valence-corrected chi connectivity index (χ3v) is 4.57. The molecule has 3 heteroatoms. The Kier molecular flexibility index (Phi) is 7.15. The topological polar surface area (TPSA) is 24.9 Å². The number of rotatable bonds is 8. The van der Waals surface area contributed by atoms with Crippen molar-refractivity contribution in [2.45, 2.75) is 72.3 Å². The second-order valence-corrected chi connectivity index (χ2v) is 7.61. The molecule has 1 N–H and O–H groups in total. The van der Waals surface area contributed by atoms with Crippen molar-refractivity contribution in [1.29, 1.82) is 0 Å². The molecule has 0 saturated carbocycles. The molecule has 0 spiro atoms. The van der Waals surface area contributed by atoms with Gasteiger partial charge in [0.1, 0.15) is 0 Å². The molecular formula is C18H31ClN2. The molecule has 21 heavy (non-hydrogen) atoms. The van der Waals surface area contributed by atoms with E-state index in [-0.39, 0.29) is 11.0 Å². The van der Waals surface area contributed by atoms with Crippen LogP contribution in [0.4, 0.5) is 0 Å². The number of halogens is 1. The Labute approximate surface area is 135 Å². The zero-order valence-corrected chi connectivity index (χ0v) is 15.1. The lowest BCUT2D eigenvalue weighted by Crippen LogP contribution is -2.44. The summed E-state index contributed by atoms with van der Waals surface area (Å²) in [6.07, 6.45) is 9.53. The maximum Gasteiger partial charge on any atom is 0.0621 e. The number of nitrogens with zero attached hydrogens (tertiary/aromatic N) is 1. The van der Waals surface area contributed by atoms with Crippen molar-refractivity contribution in [1.82, 2.24) is 10.3 Å². The Balaban J connectivity index is 2.91. The summed E-state index contributed by atoms with van der Waals surface area (Å²) in [4.78, 5) is 4.10. The van der Waals surface area contributed by atoms with E-state index in [1.54, 1.807) is 6.20 Å². The zero-order chi connectivity index (χ0) is 15.9. The van der Waals surface area contributed by atoms with Gasteiger partial charge in [0.25, 0.3) is 0 Å². The lowest BCUT2D eigenvalue weighted by atomic mass is 9.75. The fourth-order valence-electron chi connectivity index (χ4n) is 2.62. The summed E-state index contributed by atoms with van der Waals surface area (Å²) >= 11 is 6.33. The van der Waals surface area contributed by atoms with Crippen molar-refractivity contribution in [2.75, 3.05) is 6.54 Å². The second kappa shape index (κ2) is 8.14. The number of aromatic nitrogens is 1. The van der Waals surface area contributed by atoms with Crippen LogP contribution in [0.25, 0.3) is 0 Å². The molecule has 0 saturated heterocycles. The summed E-state index contributed by atoms with van der Waals surface area (Å²) in [7, 11) is 0. The quantitative estimate of drug-likeness (QED) is 0.709. The fraction of sp³-hybridized carbons (Fsp3) is 0.722. The van der Waals surface area contributed by atoms with E-state index < -0.39 is 0 Å². The van der Waals surface area contributed by atoms with Crippen molar-refractivity contribution < 1.29 is 0 Å². The van der Waals surface area contributed by atoms with Crippen molar-refractivity contribution in [3.8, 4) is 0 Å². The van der Waals surface area contributed by atoms with Gasteiger partial charge in [0, 0.05) is 24.5 Å². The summed E-state index contributed by atoms with van der Waals surface area (Å²) in [5.74, 6) is 0. The predicted molar refractivity (Wildman–Crippen MR) is 93.0 cm³/mol. The molecule has 2 nitrogen and oxygen atoms in total. The van der Waals surface area contributed by atoms with E-state index in [9.17, 15) is 0 Å². The van der Waals surface area contributed by atoms with E-state index in [0.717, 1.165) is 24.4 Å². The van der Waals surface area contributed by atoms with Crippen molar-refractivity contribution in [3.05, 3.63) is 29.0 Å². The SMILES string of the molecule is CCCCC(CC)(CNC(C)(C)C)Cc1ccncc1Cl. The molecule has 0 aliphatic carbocycles. The van der Waals surface area contributed by atoms with E-state index in [2.05, 4.69) is 51.0 Å². The lowest BCUT2D eigenvalue weighted by Gasteiger charge is -2.37. The number of hydrogen-bond donors (Lipinski definition) is 1. The number of nitrogens with one attached hydrogen (secondary N) is 1. The molecular weight excluding hydrogens is 280 g/mol. The minimum atomic E-state index is 0.147. The molecule has 1 atom stereocenters. The van der Waals surface area contributed by atoms with Gasteiger partial charge in [-0.2, -0.15) is 0 Å². The number of pyridine rings is 1. The van der Waals surface area contributed by atoms with E-state index in [1.807, 2.05) is 6.20 Å². The average Bonchev–Trinajstić information content (AvgIpc) is 2.43. The van der Waals surface area contributed by atoms with Gasteiger partial charge in [0.2, 0.25) is 0 Å². The van der Waals surface area contributed by atoms with Crippen molar-refractivity contribution >= 4 is 11.6 Å². The van der Waals surface area contributed by atoms with Crippen molar-refractivity contribution in [3.63, 3.8) is 0 Å². The summed E-state index contributed by atoms with van der Waals surface area (Å²) in [6.45, 7) is 12.3. The molecule has 1 rings (SSSR count). The average molecular weight is 311 g/mol. The van der Waals surface area contributed by atoms with Gasteiger partial charge in [-0.15, -0.1) is 0 Å². The van der Waals surface area contributed by atoms with Gasteiger partial charge >= 0.3 is 0 Å². The molecule has 1 aromatic rings. The van der Waals surface area contributed by atoms with Gasteiger partial charge in [-0.25, -0.2) is 0 Å². The van der Waals surface area contributed by atoms with Crippen LogP contribution in [0.5, 0.6) is 0 Å². The van der Waals surface area contributed by atoms with E-state index in [4.69, 9.17) is 11.6 Å². The van der Waals surface area contributed by atoms with Crippen LogP contribution < -0.4 is 5.32 Å². The molecule has 1 heterocycles. The standard InChI is InChI=1S/C18H31ClN2/c1-6-8-10-18(7-2,14-21-17(3,4)5)12-15-9-11-20-13-16(15)19/h9,11,13,21H,6-8,10,12,14H2,1-5H3. The maximum atomic E-state index is 6.33. The largest absolute Gasteiger partial charge is 0.312 e. The first-order valence-electron chi connectivity index (χ1n) is 8.15. The van der Waals surface area contributed by atoms with Gasteiger partial charge in [-0.1, -0.05) is 38.3 Å². The molecule has 0 fully saturated rings. The van der Waals surface area contributed by atoms with Crippen molar-refractivity contribution in [2.24, 2.45) is 5.41 Å². The highest BCUT2D eigenvalue weighted by atomic mass is 35.5. The highest BCUT2D eigenvalue weighted by Crippen LogP contribution is 2.34. The summed E-state index contributed by atoms with van der Waals surface area (Å²) < 4.78 is 0. The first-order valence-corrected chi connectivity index (χ1v) is 8.53. The van der Waals surface area contributed by atoms with Crippen LogP contribution >= 0.6 is 11.6 Å². The first kappa shape index (κ1) is 18.4. The lowest BCUT2D eigenvalue weighted by molar-refractivity contribution is 0.206. The van der Waals surface area contributed by atoms with Crippen LogP contribution in [0.1, 0.15) is 65.9 Å². The second-order valence-electron chi connectivity index (χ2n) is 7.20. The highest BCUT2D eigenvalue weighted by Gasteiger charge is 2.30. The van der Waals surface area contributed by atoms with Gasteiger partial charge in [0.05, 0.1) is 5.02 Å². The molecule has 0 aliphatic heterocycles. The minimum Gasteiger partial charge on any atom is -0.312 e. The van der Waals surface area contributed by atoms with Crippen LogP contribution in [0.15, 0.2) is 18.5 Å². The summed E-state index contributed by atoms with van der Waals surface area (Å²) in [5.41, 5.74) is 1.64. The Bertz CT molecular complexity index is 425. The Morgan fingerprint density at radius 3 is 2.48 bits per heavy atom. The van der Waals surface area contributed by atoms with Gasteiger partial charge < -0.3 is 5.32 Å². The first-order chi connectivity index (χ1) is 9.82. The third-order valence-electron chi connectivity index (χ3n) is 4.23. The monoisotopic (exact) mass is 310 g/mol. The van der Waals surface area contributed by atoms with Gasteiger partial charge in [-0.3, -0.25) is 4.98 Å². The molecule has 120 valence electrons. The van der Waals surface area contributed by atoms with Crippen LogP contribution in [0.2, 0.25) is 5.02 Å². The maximum absolute atomic E-state index is 6.33. The van der Waals surface area contributed by atoms with E-state index >= 15 is 0 Å². The zero-order valence-electron chi connectivity index (χ0n) is 14.3. The Hall–Kier alpha value is -0.600. The van der Waals surface area contributed by atoms with Crippen LogP contribution in [0.3, 0.4) is 0 Å². The molecule has 0 radical (unpaired) electrons. The molecule has 1 aromatic heterocycles. The number of hydrogen-bond acceptors (Lipinski definition) is 2. The molecule has 0 aromatic carbocycles. The minimum absolute atomic E-state index is 0.147. The summed E-state index contributed by atoms with van der Waals surface area (Å²) in [5, 5.41) is 4.50. The highest BCUT2D eigenvalue weighted by molar-refractivity contribution is 6.31. The Morgan fingerprint density at radius 2 is 1.95 bits per heavy atom. The van der Waals surface area contributed by atoms with Gasteiger partial charge in [-0.05, 0) is 57.1 Å². The molecule has 1 unspecified atom stereocenters. The smallest absolute Gasteiger partial charge is 0.0621 e. The molecule has 0 aliphatic rings. The van der Waals surface area contributed by atoms with E-state index in [1.165, 1.54) is 24.8 Å². The van der Waals surface area contributed by atoms with Crippen LogP contribution in [0, 0.1) is 5.41 Å². The van der Waals surface area contributed by atoms with Crippen LogP contribution in [-0.4, -0.2) is 17.1 Å². The fourth-order valence-corrected chi connectivity index (χ4v) is 2.81. The van der Waals surface area contributed by atoms with Crippen LogP contribution in [-0.2, 0) is 6.42 Å². The number of unbranched alkanes of at least 4 members (excludes halogenated alkanes) is 1. The Morgan fingerprint density at radius 1 is 1.24 bits per heavy atom.